The van der Waals surface area contributed by atoms with Gasteiger partial charge in [0, 0.05) is 26.8 Å². The van der Waals surface area contributed by atoms with Gasteiger partial charge in [0.15, 0.2) is 11.6 Å². The van der Waals surface area contributed by atoms with Crippen molar-refractivity contribution in [3.8, 4) is 5.75 Å². The Labute approximate surface area is 122 Å². The van der Waals surface area contributed by atoms with E-state index >= 15 is 0 Å². The van der Waals surface area contributed by atoms with E-state index < -0.39 is 17.5 Å². The topological polar surface area (TPSA) is 49.3 Å². The summed E-state index contributed by atoms with van der Waals surface area (Å²) in [5.74, 6) is -1.69. The van der Waals surface area contributed by atoms with Crippen LogP contribution in [0, 0.1) is 5.82 Å². The van der Waals surface area contributed by atoms with E-state index in [-0.39, 0.29) is 5.69 Å². The maximum atomic E-state index is 13.1. The Kier molecular flexibility index (Phi) is 4.07. The van der Waals surface area contributed by atoms with Gasteiger partial charge >= 0.3 is 0 Å². The smallest absolute Gasteiger partial charge is 0.255 e. The first-order valence-electron chi connectivity index (χ1n) is 5.21. The molecule has 0 aliphatic carbocycles. The van der Waals surface area contributed by atoms with Gasteiger partial charge in [0.25, 0.3) is 5.91 Å². The summed E-state index contributed by atoms with van der Waals surface area (Å²) in [6, 6.07) is 8.34. The minimum atomic E-state index is -0.801. The lowest BCUT2D eigenvalue weighted by Crippen LogP contribution is -2.12. The Morgan fingerprint density at radius 2 is 2.00 bits per heavy atom. The molecule has 0 aliphatic rings. The van der Waals surface area contributed by atoms with E-state index in [1.165, 1.54) is 18.2 Å². The van der Waals surface area contributed by atoms with E-state index in [0.717, 1.165) is 6.07 Å². The van der Waals surface area contributed by atoms with E-state index in [2.05, 4.69) is 21.2 Å². The molecule has 19 heavy (non-hydrogen) atoms. The Morgan fingerprint density at radius 1 is 1.26 bits per heavy atom. The molecule has 0 radical (unpaired) electrons. The second-order valence-electron chi connectivity index (χ2n) is 3.78. The molecule has 0 saturated carbocycles. The minimum absolute atomic E-state index is 0.247. The summed E-state index contributed by atoms with van der Waals surface area (Å²) in [5, 5.41) is 12.0. The number of benzene rings is 2. The number of halogens is 3. The highest BCUT2D eigenvalue weighted by Gasteiger charge is 2.09. The van der Waals surface area contributed by atoms with Crippen LogP contribution in [0.5, 0.6) is 5.75 Å². The van der Waals surface area contributed by atoms with Crippen LogP contribution in [0.2, 0.25) is 5.02 Å². The van der Waals surface area contributed by atoms with Crippen molar-refractivity contribution in [3.63, 3.8) is 0 Å². The summed E-state index contributed by atoms with van der Waals surface area (Å²) in [4.78, 5) is 11.9. The van der Waals surface area contributed by atoms with E-state index in [1.54, 1.807) is 12.1 Å². The van der Waals surface area contributed by atoms with Crippen molar-refractivity contribution in [1.82, 2.24) is 0 Å². The summed E-state index contributed by atoms with van der Waals surface area (Å²) < 4.78 is 13.8. The third-order valence-electron chi connectivity index (χ3n) is 2.33. The van der Waals surface area contributed by atoms with Crippen molar-refractivity contribution in [2.45, 2.75) is 0 Å². The lowest BCUT2D eigenvalue weighted by atomic mass is 10.2. The van der Waals surface area contributed by atoms with Crippen molar-refractivity contribution >= 4 is 39.1 Å². The highest BCUT2D eigenvalue weighted by atomic mass is 79.9. The third-order valence-corrected chi connectivity index (χ3v) is 3.01. The van der Waals surface area contributed by atoms with Crippen LogP contribution in [0.1, 0.15) is 10.4 Å². The van der Waals surface area contributed by atoms with Crippen molar-refractivity contribution < 1.29 is 14.3 Å². The van der Waals surface area contributed by atoms with Crippen LogP contribution >= 0.6 is 27.5 Å². The molecule has 0 aliphatic heterocycles. The molecule has 0 saturated heterocycles. The summed E-state index contributed by atoms with van der Waals surface area (Å²) in [5.41, 5.74) is 0.587. The van der Waals surface area contributed by atoms with Crippen LogP contribution in [0.15, 0.2) is 40.9 Å². The lowest BCUT2D eigenvalue weighted by molar-refractivity contribution is 0.102. The van der Waals surface area contributed by atoms with E-state index in [0.29, 0.717) is 15.1 Å². The van der Waals surface area contributed by atoms with Crippen molar-refractivity contribution in [3.05, 3.63) is 57.3 Å². The molecule has 6 heteroatoms. The maximum absolute atomic E-state index is 13.1. The highest BCUT2D eigenvalue weighted by molar-refractivity contribution is 9.10. The number of carbonyl (C=O) groups excluding carboxylic acids is 1. The summed E-state index contributed by atoms with van der Waals surface area (Å²) in [7, 11) is 0. The minimum Gasteiger partial charge on any atom is -0.505 e. The Hall–Kier alpha value is -1.59. The molecule has 1 amide bonds. The number of phenolic OH excluding ortho intramolecular Hbond substituents is 1. The average molecular weight is 345 g/mol. The molecule has 0 aromatic heterocycles. The van der Waals surface area contributed by atoms with Gasteiger partial charge in [-0.05, 0) is 30.3 Å². The van der Waals surface area contributed by atoms with Crippen LogP contribution in [0.3, 0.4) is 0 Å². The second kappa shape index (κ2) is 5.59. The number of anilines is 1. The largest absolute Gasteiger partial charge is 0.505 e. The quantitative estimate of drug-likeness (QED) is 0.802. The van der Waals surface area contributed by atoms with E-state index in [4.69, 9.17) is 16.7 Å². The number of rotatable bonds is 2. The molecule has 2 aromatic carbocycles. The standard InChI is InChI=1S/C13H8BrClFNO2/c14-8-3-7(4-9(15)5-8)13(19)17-10-1-2-12(18)11(16)6-10/h1-6,18H,(H,17,19). The third kappa shape index (κ3) is 3.45. The normalized spacial score (nSPS) is 10.3. The zero-order chi connectivity index (χ0) is 14.0. The van der Waals surface area contributed by atoms with Gasteiger partial charge in [0.05, 0.1) is 0 Å². The molecular weight excluding hydrogens is 337 g/mol. The summed E-state index contributed by atoms with van der Waals surface area (Å²) in [6.45, 7) is 0. The van der Waals surface area contributed by atoms with Gasteiger partial charge in [-0.3, -0.25) is 4.79 Å². The Bertz CT molecular complexity index is 628. The van der Waals surface area contributed by atoms with Crippen LogP contribution in [-0.4, -0.2) is 11.0 Å². The van der Waals surface area contributed by atoms with Crippen LogP contribution in [-0.2, 0) is 0 Å². The molecule has 0 atom stereocenters. The molecule has 0 heterocycles. The predicted octanol–water partition coefficient (Wildman–Crippen LogP) is 4.20. The first-order valence-corrected chi connectivity index (χ1v) is 6.39. The first-order chi connectivity index (χ1) is 8.95. The predicted molar refractivity (Wildman–Crippen MR) is 75.2 cm³/mol. The number of nitrogens with one attached hydrogen (secondary N) is 1. The van der Waals surface area contributed by atoms with Crippen molar-refractivity contribution in [2.75, 3.05) is 5.32 Å². The average Bonchev–Trinajstić information content (AvgIpc) is 2.32. The zero-order valence-electron chi connectivity index (χ0n) is 9.45. The first kappa shape index (κ1) is 13.8. The van der Waals surface area contributed by atoms with E-state index in [9.17, 15) is 9.18 Å². The number of hydrogen-bond acceptors (Lipinski definition) is 2. The van der Waals surface area contributed by atoms with Crippen molar-refractivity contribution in [2.24, 2.45) is 0 Å². The SMILES string of the molecule is O=C(Nc1ccc(O)c(F)c1)c1cc(Cl)cc(Br)c1. The van der Waals surface area contributed by atoms with Gasteiger partial charge < -0.3 is 10.4 Å². The van der Waals surface area contributed by atoms with Gasteiger partial charge in [-0.2, -0.15) is 0 Å². The van der Waals surface area contributed by atoms with E-state index in [1.807, 2.05) is 0 Å². The number of carbonyl (C=O) groups is 1. The van der Waals surface area contributed by atoms with Crippen LogP contribution in [0.4, 0.5) is 10.1 Å². The fourth-order valence-corrected chi connectivity index (χ4v) is 2.33. The number of aromatic hydroxyl groups is 1. The molecule has 2 N–H and O–H groups in total. The highest BCUT2D eigenvalue weighted by Crippen LogP contribution is 2.22. The maximum Gasteiger partial charge on any atom is 0.255 e. The van der Waals surface area contributed by atoms with Crippen LogP contribution < -0.4 is 5.32 Å². The molecule has 0 bridgehead atoms. The van der Waals surface area contributed by atoms with Gasteiger partial charge in [-0.1, -0.05) is 27.5 Å². The Morgan fingerprint density at radius 3 is 2.63 bits per heavy atom. The molecule has 3 nitrogen and oxygen atoms in total. The number of phenols is 1. The lowest BCUT2D eigenvalue weighted by Gasteiger charge is -2.07. The fraction of sp³-hybridized carbons (Fsp3) is 0. The monoisotopic (exact) mass is 343 g/mol. The Balaban J connectivity index is 2.22. The second-order valence-corrected chi connectivity index (χ2v) is 5.13. The van der Waals surface area contributed by atoms with Crippen LogP contribution in [0.25, 0.3) is 0 Å². The zero-order valence-corrected chi connectivity index (χ0v) is 11.8. The van der Waals surface area contributed by atoms with Gasteiger partial charge in [0.1, 0.15) is 0 Å². The molecule has 2 rings (SSSR count). The molecule has 98 valence electrons. The molecule has 0 spiro atoms. The molecule has 0 fully saturated rings. The number of hydrogen-bond donors (Lipinski definition) is 2. The molecule has 0 unspecified atom stereocenters. The summed E-state index contributed by atoms with van der Waals surface area (Å²) >= 11 is 9.07. The van der Waals surface area contributed by atoms with Gasteiger partial charge in [-0.15, -0.1) is 0 Å². The van der Waals surface area contributed by atoms with Crippen molar-refractivity contribution in [1.29, 1.82) is 0 Å². The fourth-order valence-electron chi connectivity index (χ4n) is 1.47. The molecular formula is C13H8BrClFNO2. The van der Waals surface area contributed by atoms with Gasteiger partial charge in [0.2, 0.25) is 0 Å². The molecule has 2 aromatic rings. The van der Waals surface area contributed by atoms with Gasteiger partial charge in [-0.25, -0.2) is 4.39 Å². The number of amides is 1. The summed E-state index contributed by atoms with van der Waals surface area (Å²) in [6.07, 6.45) is 0.